The molecule has 0 aliphatic heterocycles. The van der Waals surface area contributed by atoms with Crippen LogP contribution in [0, 0.1) is 5.82 Å². The van der Waals surface area contributed by atoms with Crippen molar-refractivity contribution in [2.75, 3.05) is 32.7 Å². The molecule has 1 rings (SSSR count). The summed E-state index contributed by atoms with van der Waals surface area (Å²) in [5, 5.41) is 0. The molecule has 0 radical (unpaired) electrons. The van der Waals surface area contributed by atoms with Crippen LogP contribution in [0.2, 0.25) is 0 Å². The van der Waals surface area contributed by atoms with Gasteiger partial charge in [-0.2, -0.15) is 0 Å². The number of rotatable bonds is 6. The maximum absolute atomic E-state index is 13.2. The van der Waals surface area contributed by atoms with Gasteiger partial charge in [0.05, 0.1) is 19.4 Å². The van der Waals surface area contributed by atoms with Crippen LogP contribution in [-0.4, -0.2) is 26.9 Å². The van der Waals surface area contributed by atoms with Crippen LogP contribution >= 0.6 is 0 Å². The van der Waals surface area contributed by atoms with Crippen molar-refractivity contribution >= 4 is 5.69 Å². The fourth-order valence-electron chi connectivity index (χ4n) is 1.19. The summed E-state index contributed by atoms with van der Waals surface area (Å²) in [4.78, 5) is 0. The molecular weight excluding hydrogens is 213 g/mol. The third-order valence-corrected chi connectivity index (χ3v) is 1.97. The lowest BCUT2D eigenvalue weighted by Crippen LogP contribution is -2.08. The van der Waals surface area contributed by atoms with Crippen LogP contribution in [0.3, 0.4) is 0 Å². The summed E-state index contributed by atoms with van der Waals surface area (Å²) >= 11 is 0. The van der Waals surface area contributed by atoms with Gasteiger partial charge in [0.25, 0.3) is 0 Å². The summed E-state index contributed by atoms with van der Waals surface area (Å²) in [5.74, 6) is 0.00993. The molecule has 0 saturated carbocycles. The Kier molecular flexibility index (Phi) is 4.85. The fourth-order valence-corrected chi connectivity index (χ4v) is 1.19. The van der Waals surface area contributed by atoms with Gasteiger partial charge in [-0.15, -0.1) is 0 Å². The van der Waals surface area contributed by atoms with E-state index in [4.69, 9.17) is 19.9 Å². The molecule has 16 heavy (non-hydrogen) atoms. The second-order valence-electron chi connectivity index (χ2n) is 3.07. The van der Waals surface area contributed by atoms with Gasteiger partial charge in [-0.1, -0.05) is 0 Å². The van der Waals surface area contributed by atoms with E-state index in [-0.39, 0.29) is 11.4 Å². The van der Waals surface area contributed by atoms with Crippen molar-refractivity contribution in [1.82, 2.24) is 0 Å². The van der Waals surface area contributed by atoms with Gasteiger partial charge in [0.15, 0.2) is 11.6 Å². The van der Waals surface area contributed by atoms with Crippen molar-refractivity contribution in [3.63, 3.8) is 0 Å². The van der Waals surface area contributed by atoms with Crippen molar-refractivity contribution in [1.29, 1.82) is 0 Å². The molecule has 0 aliphatic carbocycles. The van der Waals surface area contributed by atoms with Crippen molar-refractivity contribution in [3.05, 3.63) is 17.9 Å². The molecule has 0 fully saturated rings. The third kappa shape index (κ3) is 3.27. The summed E-state index contributed by atoms with van der Waals surface area (Å²) in [6, 6.07) is 2.60. The first-order valence-electron chi connectivity index (χ1n) is 5.02. The van der Waals surface area contributed by atoms with Crippen LogP contribution in [-0.2, 0) is 4.74 Å². The summed E-state index contributed by atoms with van der Waals surface area (Å²) in [5.41, 5.74) is 5.84. The first-order chi connectivity index (χ1) is 7.69. The van der Waals surface area contributed by atoms with Crippen molar-refractivity contribution in [2.24, 2.45) is 0 Å². The zero-order valence-corrected chi connectivity index (χ0v) is 9.46. The van der Waals surface area contributed by atoms with E-state index in [2.05, 4.69) is 0 Å². The van der Waals surface area contributed by atoms with Crippen molar-refractivity contribution in [2.45, 2.75) is 6.92 Å². The minimum absolute atomic E-state index is 0.112. The monoisotopic (exact) mass is 229 g/mol. The summed E-state index contributed by atoms with van der Waals surface area (Å²) in [6.07, 6.45) is 0. The maximum Gasteiger partial charge on any atom is 0.167 e. The highest BCUT2D eigenvalue weighted by atomic mass is 19.1. The molecule has 5 heteroatoms. The van der Waals surface area contributed by atoms with Gasteiger partial charge in [-0.25, -0.2) is 4.39 Å². The number of nitrogen functional groups attached to an aromatic ring is 1. The smallest absolute Gasteiger partial charge is 0.167 e. The van der Waals surface area contributed by atoms with Gasteiger partial charge in [0.1, 0.15) is 12.4 Å². The average Bonchev–Trinajstić information content (AvgIpc) is 2.27. The number of ether oxygens (including phenoxy) is 3. The lowest BCUT2D eigenvalue weighted by Gasteiger charge is -2.11. The molecule has 0 spiro atoms. The van der Waals surface area contributed by atoms with Gasteiger partial charge < -0.3 is 19.9 Å². The Bertz CT molecular complexity index is 344. The van der Waals surface area contributed by atoms with Crippen LogP contribution in [0.4, 0.5) is 10.1 Å². The summed E-state index contributed by atoms with van der Waals surface area (Å²) in [6.45, 7) is 3.36. The minimum atomic E-state index is -0.503. The first-order valence-corrected chi connectivity index (χ1v) is 5.02. The predicted molar refractivity (Wildman–Crippen MR) is 59.4 cm³/mol. The molecule has 2 N–H and O–H groups in total. The Morgan fingerprint density at radius 1 is 1.25 bits per heavy atom. The number of hydrogen-bond acceptors (Lipinski definition) is 4. The second kappa shape index (κ2) is 6.17. The number of nitrogens with two attached hydrogens (primary N) is 1. The molecule has 0 unspecified atom stereocenters. The largest absolute Gasteiger partial charge is 0.494 e. The summed E-state index contributed by atoms with van der Waals surface area (Å²) in [7, 11) is 1.39. The Morgan fingerprint density at radius 2 is 2.00 bits per heavy atom. The SMILES string of the molecule is CCOCCOc1cc(OC)c(F)cc1N. The van der Waals surface area contributed by atoms with Crippen LogP contribution in [0.1, 0.15) is 6.92 Å². The zero-order chi connectivity index (χ0) is 12.0. The molecule has 1 aromatic carbocycles. The van der Waals surface area contributed by atoms with E-state index in [1.165, 1.54) is 19.2 Å². The Labute approximate surface area is 94.1 Å². The average molecular weight is 229 g/mol. The zero-order valence-electron chi connectivity index (χ0n) is 9.46. The van der Waals surface area contributed by atoms with Crippen LogP contribution in [0.5, 0.6) is 11.5 Å². The van der Waals surface area contributed by atoms with Crippen LogP contribution in [0.25, 0.3) is 0 Å². The molecule has 0 bridgehead atoms. The number of hydrogen-bond donors (Lipinski definition) is 1. The van der Waals surface area contributed by atoms with E-state index >= 15 is 0 Å². The normalized spacial score (nSPS) is 10.2. The van der Waals surface area contributed by atoms with E-state index in [1.54, 1.807) is 0 Å². The van der Waals surface area contributed by atoms with Crippen molar-refractivity contribution in [3.8, 4) is 11.5 Å². The third-order valence-electron chi connectivity index (χ3n) is 1.97. The number of methoxy groups -OCH3 is 1. The second-order valence-corrected chi connectivity index (χ2v) is 3.07. The maximum atomic E-state index is 13.2. The highest BCUT2D eigenvalue weighted by Crippen LogP contribution is 2.29. The van der Waals surface area contributed by atoms with E-state index < -0.39 is 5.82 Å². The molecule has 0 aromatic heterocycles. The first kappa shape index (κ1) is 12.6. The number of halogens is 1. The van der Waals surface area contributed by atoms with Gasteiger partial charge >= 0.3 is 0 Å². The number of benzene rings is 1. The van der Waals surface area contributed by atoms with Gasteiger partial charge in [0, 0.05) is 18.7 Å². The quantitative estimate of drug-likeness (QED) is 0.597. The molecule has 4 nitrogen and oxygen atoms in total. The molecule has 0 heterocycles. The Balaban J connectivity index is 2.64. The Hall–Kier alpha value is -1.49. The molecule has 0 atom stereocenters. The molecular formula is C11H16FNO3. The van der Waals surface area contributed by atoms with Crippen LogP contribution < -0.4 is 15.2 Å². The van der Waals surface area contributed by atoms with E-state index in [1.807, 2.05) is 6.92 Å². The van der Waals surface area contributed by atoms with E-state index in [9.17, 15) is 4.39 Å². The van der Waals surface area contributed by atoms with Gasteiger partial charge in [0.2, 0.25) is 0 Å². The van der Waals surface area contributed by atoms with Crippen molar-refractivity contribution < 1.29 is 18.6 Å². The van der Waals surface area contributed by atoms with E-state index in [0.29, 0.717) is 25.6 Å². The topological polar surface area (TPSA) is 53.7 Å². The summed E-state index contributed by atoms with van der Waals surface area (Å²) < 4.78 is 28.5. The highest BCUT2D eigenvalue weighted by molar-refractivity contribution is 5.56. The standard InChI is InChI=1S/C11H16FNO3/c1-3-15-4-5-16-11-7-10(14-2)8(12)6-9(11)13/h6-7H,3-5,13H2,1-2H3. The predicted octanol–water partition coefficient (Wildman–Crippen LogP) is 1.83. The fraction of sp³-hybridized carbons (Fsp3) is 0.455. The minimum Gasteiger partial charge on any atom is -0.494 e. The molecule has 90 valence electrons. The molecule has 1 aromatic rings. The Morgan fingerprint density at radius 3 is 2.62 bits per heavy atom. The lowest BCUT2D eigenvalue weighted by molar-refractivity contribution is 0.110. The molecule has 0 amide bonds. The van der Waals surface area contributed by atoms with Crippen LogP contribution in [0.15, 0.2) is 12.1 Å². The molecule has 0 saturated heterocycles. The highest BCUT2D eigenvalue weighted by Gasteiger charge is 2.09. The van der Waals surface area contributed by atoms with Gasteiger partial charge in [-0.05, 0) is 6.92 Å². The van der Waals surface area contributed by atoms with E-state index in [0.717, 1.165) is 0 Å². The van der Waals surface area contributed by atoms with Gasteiger partial charge in [-0.3, -0.25) is 0 Å². The lowest BCUT2D eigenvalue weighted by atomic mass is 10.2. The molecule has 0 aliphatic rings. The number of anilines is 1.